The van der Waals surface area contributed by atoms with Crippen LogP contribution in [0.5, 0.6) is 0 Å². The fourth-order valence-electron chi connectivity index (χ4n) is 0.844. The summed E-state index contributed by atoms with van der Waals surface area (Å²) in [5.74, 6) is 0. The minimum Gasteiger partial charge on any atom is -0.289 e. The van der Waals surface area contributed by atoms with Gasteiger partial charge in [0.05, 0.1) is 13.1 Å². The van der Waals surface area contributed by atoms with E-state index in [1.807, 2.05) is 24.4 Å². The lowest BCUT2D eigenvalue weighted by Crippen LogP contribution is -1.65. The predicted octanol–water partition coefficient (Wildman–Crippen LogP) is 1.70. The molecule has 0 aromatic carbocycles. The molecule has 0 radical (unpaired) electrons. The van der Waals surface area contributed by atoms with Crippen LogP contribution in [0.15, 0.2) is 44.4 Å². The molecule has 4 nitrogen and oxygen atoms in total. The van der Waals surface area contributed by atoms with Crippen LogP contribution in [0.4, 0.5) is 0 Å². The molecule has 78 valence electrons. The van der Waals surface area contributed by atoms with Crippen LogP contribution in [0.3, 0.4) is 0 Å². The molecule has 0 aliphatic carbocycles. The van der Waals surface area contributed by atoms with Crippen LogP contribution in [-0.4, -0.2) is 38.1 Å². The van der Waals surface area contributed by atoms with Gasteiger partial charge < -0.3 is 0 Å². The van der Waals surface area contributed by atoms with Gasteiger partial charge in [0.25, 0.3) is 0 Å². The lowest BCUT2D eigenvalue weighted by molar-refractivity contribution is 1.29. The van der Waals surface area contributed by atoms with Crippen molar-refractivity contribution in [3.63, 3.8) is 0 Å². The number of nitrogens with zero attached hydrogens (tertiary/aromatic N) is 4. The molecule has 0 N–H and O–H groups in total. The number of allylic oxidation sites excluding steroid dienone is 2. The van der Waals surface area contributed by atoms with Gasteiger partial charge in [-0.25, -0.2) is 4.99 Å². The van der Waals surface area contributed by atoms with Crippen molar-refractivity contribution in [1.29, 1.82) is 0 Å². The Labute approximate surface area is 89.6 Å². The summed E-state index contributed by atoms with van der Waals surface area (Å²) in [7, 11) is 0. The Morgan fingerprint density at radius 2 is 1.87 bits per heavy atom. The highest BCUT2D eigenvalue weighted by atomic mass is 14.9. The van der Waals surface area contributed by atoms with Gasteiger partial charge in [-0.3, -0.25) is 15.0 Å². The van der Waals surface area contributed by atoms with Gasteiger partial charge in [0.2, 0.25) is 0 Å². The summed E-state index contributed by atoms with van der Waals surface area (Å²) in [5, 5.41) is 0. The summed E-state index contributed by atoms with van der Waals surface area (Å²) in [6.07, 6.45) is 15.8. The van der Waals surface area contributed by atoms with Crippen molar-refractivity contribution >= 4 is 25.0 Å². The zero-order chi connectivity index (χ0) is 10.6. The number of aliphatic imine (C=N–C) groups is 4. The molecule has 0 fully saturated rings. The van der Waals surface area contributed by atoms with E-state index in [0.717, 1.165) is 19.5 Å². The second-order valence-electron chi connectivity index (χ2n) is 2.71. The molecule has 0 atom stereocenters. The number of hydrogen-bond donors (Lipinski definition) is 0. The third-order valence-corrected chi connectivity index (χ3v) is 1.52. The second-order valence-corrected chi connectivity index (χ2v) is 2.71. The van der Waals surface area contributed by atoms with E-state index in [4.69, 9.17) is 0 Å². The standard InChI is InChI=1S/2C4H5N.C3H4N2/c2*1-2-4-5-3-1;1-2-5-3-4-1/h1,3-4H,2H2;1-3H,4H2;1,3H,2H2. The maximum atomic E-state index is 3.85. The number of rotatable bonds is 0. The van der Waals surface area contributed by atoms with Crippen LogP contribution >= 0.6 is 0 Å². The highest BCUT2D eigenvalue weighted by Gasteiger charge is 1.74. The average molecular weight is 202 g/mol. The van der Waals surface area contributed by atoms with E-state index in [1.165, 1.54) is 0 Å². The minimum absolute atomic E-state index is 0.778. The highest BCUT2D eigenvalue weighted by Crippen LogP contribution is 1.86. The van der Waals surface area contributed by atoms with Gasteiger partial charge in [-0.2, -0.15) is 0 Å². The average Bonchev–Trinajstić information content (AvgIpc) is 3.09. The molecular formula is C11H14N4. The van der Waals surface area contributed by atoms with E-state index in [1.54, 1.807) is 25.0 Å². The molecule has 0 amide bonds. The Hall–Kier alpha value is -1.84. The molecule has 3 heterocycles. The minimum atomic E-state index is 0.778. The number of hydrogen-bond acceptors (Lipinski definition) is 4. The van der Waals surface area contributed by atoms with Gasteiger partial charge in [0, 0.05) is 31.3 Å². The molecular weight excluding hydrogens is 188 g/mol. The maximum absolute atomic E-state index is 3.85. The van der Waals surface area contributed by atoms with Gasteiger partial charge >= 0.3 is 0 Å². The Kier molecular flexibility index (Phi) is 6.55. The molecule has 0 spiro atoms. The lowest BCUT2D eigenvalue weighted by Gasteiger charge is -1.60. The van der Waals surface area contributed by atoms with Gasteiger partial charge in [-0.1, -0.05) is 12.2 Å². The molecule has 3 aliphatic heterocycles. The normalized spacial score (nSPS) is 17.6. The highest BCUT2D eigenvalue weighted by molar-refractivity contribution is 5.79. The van der Waals surface area contributed by atoms with Crippen LogP contribution in [0.2, 0.25) is 0 Å². The van der Waals surface area contributed by atoms with E-state index in [-0.39, 0.29) is 0 Å². The summed E-state index contributed by atoms with van der Waals surface area (Å²) in [6.45, 7) is 1.67. The Morgan fingerprint density at radius 1 is 0.867 bits per heavy atom. The van der Waals surface area contributed by atoms with Crippen LogP contribution in [0, 0.1) is 0 Å². The Bertz CT molecular complexity index is 239. The van der Waals surface area contributed by atoms with Crippen molar-refractivity contribution in [2.75, 3.05) is 13.1 Å². The summed E-state index contributed by atoms with van der Waals surface area (Å²) in [4.78, 5) is 15.0. The van der Waals surface area contributed by atoms with Crippen molar-refractivity contribution < 1.29 is 0 Å². The van der Waals surface area contributed by atoms with E-state index in [0.29, 0.717) is 0 Å². The molecule has 3 rings (SSSR count). The van der Waals surface area contributed by atoms with Gasteiger partial charge in [0.1, 0.15) is 6.34 Å². The molecule has 15 heavy (non-hydrogen) atoms. The lowest BCUT2D eigenvalue weighted by atomic mass is 10.5. The van der Waals surface area contributed by atoms with Crippen LogP contribution in [0.25, 0.3) is 0 Å². The fraction of sp³-hybridized carbons (Fsp3) is 0.273. The van der Waals surface area contributed by atoms with Crippen molar-refractivity contribution in [3.8, 4) is 0 Å². The Balaban J connectivity index is 0.000000112. The van der Waals surface area contributed by atoms with Crippen molar-refractivity contribution in [2.45, 2.75) is 6.42 Å². The van der Waals surface area contributed by atoms with Gasteiger partial charge in [-0.05, 0) is 6.08 Å². The first-order chi connectivity index (χ1) is 7.50. The van der Waals surface area contributed by atoms with Gasteiger partial charge in [-0.15, -0.1) is 0 Å². The molecule has 0 aromatic rings. The van der Waals surface area contributed by atoms with Crippen LogP contribution in [0.1, 0.15) is 6.42 Å². The van der Waals surface area contributed by atoms with Crippen LogP contribution in [-0.2, 0) is 0 Å². The zero-order valence-electron chi connectivity index (χ0n) is 8.53. The molecule has 0 saturated heterocycles. The summed E-state index contributed by atoms with van der Waals surface area (Å²) in [5.41, 5.74) is 0. The predicted molar refractivity (Wildman–Crippen MR) is 66.6 cm³/mol. The Morgan fingerprint density at radius 3 is 2.07 bits per heavy atom. The van der Waals surface area contributed by atoms with Crippen LogP contribution < -0.4 is 0 Å². The first kappa shape index (κ1) is 11.2. The van der Waals surface area contributed by atoms with E-state index in [2.05, 4.69) is 20.0 Å². The van der Waals surface area contributed by atoms with E-state index >= 15 is 0 Å². The SMILES string of the molecule is C1=CCN=C1.C1=CN=CC1.C1=NC=NC1. The maximum Gasteiger partial charge on any atom is 0.109 e. The van der Waals surface area contributed by atoms with Crippen molar-refractivity contribution in [2.24, 2.45) is 20.0 Å². The third kappa shape index (κ3) is 7.25. The largest absolute Gasteiger partial charge is 0.289 e. The monoisotopic (exact) mass is 202 g/mol. The molecule has 4 heteroatoms. The second kappa shape index (κ2) is 8.74. The topological polar surface area (TPSA) is 49.4 Å². The van der Waals surface area contributed by atoms with E-state index < -0.39 is 0 Å². The van der Waals surface area contributed by atoms with E-state index in [9.17, 15) is 0 Å². The van der Waals surface area contributed by atoms with Gasteiger partial charge in [0.15, 0.2) is 0 Å². The molecule has 0 unspecified atom stereocenters. The summed E-state index contributed by atoms with van der Waals surface area (Å²) >= 11 is 0. The quantitative estimate of drug-likeness (QED) is 0.574. The fourth-order valence-corrected chi connectivity index (χ4v) is 0.844. The molecule has 0 bridgehead atoms. The molecule has 0 saturated carbocycles. The zero-order valence-corrected chi connectivity index (χ0v) is 8.53. The summed E-state index contributed by atoms with van der Waals surface area (Å²) < 4.78 is 0. The first-order valence-corrected chi connectivity index (χ1v) is 4.81. The third-order valence-electron chi connectivity index (χ3n) is 1.52. The molecule has 3 aliphatic rings. The smallest absolute Gasteiger partial charge is 0.109 e. The summed E-state index contributed by atoms with van der Waals surface area (Å²) in [6, 6.07) is 0. The molecule has 0 aromatic heterocycles. The van der Waals surface area contributed by atoms with Crippen molar-refractivity contribution in [3.05, 3.63) is 24.4 Å². The first-order valence-electron chi connectivity index (χ1n) is 4.81. The van der Waals surface area contributed by atoms with Crippen molar-refractivity contribution in [1.82, 2.24) is 0 Å².